The number of para-hydroxylation sites is 5. The molecule has 7 heteroatoms. The van der Waals surface area contributed by atoms with Crippen molar-refractivity contribution in [2.45, 2.75) is 19.6 Å². The zero-order valence-corrected chi connectivity index (χ0v) is 28.9. The van der Waals surface area contributed by atoms with E-state index in [2.05, 4.69) is 168 Å². The first-order valence-electron chi connectivity index (χ1n) is 16.8. The van der Waals surface area contributed by atoms with Gasteiger partial charge in [-0.3, -0.25) is 0 Å². The molecular formula is C44H29N5S2. The molecule has 0 saturated carbocycles. The molecule has 0 N–H and O–H groups in total. The van der Waals surface area contributed by atoms with Crippen LogP contribution in [0.3, 0.4) is 0 Å². The monoisotopic (exact) mass is 691 g/mol. The lowest BCUT2D eigenvalue weighted by atomic mass is 10.1. The van der Waals surface area contributed by atoms with E-state index in [0.29, 0.717) is 5.82 Å². The van der Waals surface area contributed by atoms with Crippen molar-refractivity contribution in [3.63, 3.8) is 0 Å². The van der Waals surface area contributed by atoms with Gasteiger partial charge in [0, 0.05) is 42.1 Å². The molecule has 0 saturated heterocycles. The van der Waals surface area contributed by atoms with Crippen LogP contribution in [0.15, 0.2) is 196 Å². The lowest BCUT2D eigenvalue weighted by Gasteiger charge is -2.32. The second-order valence-corrected chi connectivity index (χ2v) is 14.5. The first-order valence-corrected chi connectivity index (χ1v) is 18.5. The fourth-order valence-corrected chi connectivity index (χ4v) is 8.97. The van der Waals surface area contributed by atoms with Crippen molar-refractivity contribution >= 4 is 57.6 Å². The highest BCUT2D eigenvalue weighted by atomic mass is 32.2. The second-order valence-electron chi connectivity index (χ2n) is 12.3. The van der Waals surface area contributed by atoms with Gasteiger partial charge in [-0.15, -0.1) is 5.10 Å². The standard InChI is InChI=1S/C44H29N5S2/c1-2-12-34(13-3-1)49-44(31-24-28-33(29-25-31)48-37-16-6-10-20-41(37)51-42-21-11-7-17-38(42)48)45-43(46-49)30-22-26-32(27-23-30)47-35-14-4-8-18-39(35)50-40-19-9-5-15-36(40)47/h1-29H. The minimum Gasteiger partial charge on any atom is -0.308 e. The number of rotatable bonds is 5. The predicted molar refractivity (Wildman–Crippen MR) is 210 cm³/mol. The Balaban J connectivity index is 1.03. The molecule has 0 aliphatic carbocycles. The molecule has 0 unspecified atom stereocenters. The Labute approximate surface area is 304 Å². The lowest BCUT2D eigenvalue weighted by molar-refractivity contribution is 0.890. The van der Waals surface area contributed by atoms with Gasteiger partial charge in [0.1, 0.15) is 0 Å². The van der Waals surface area contributed by atoms with E-state index < -0.39 is 0 Å². The first kappa shape index (κ1) is 29.9. The van der Waals surface area contributed by atoms with Crippen molar-refractivity contribution in [1.82, 2.24) is 14.8 Å². The molecule has 51 heavy (non-hydrogen) atoms. The molecule has 0 radical (unpaired) electrons. The maximum atomic E-state index is 5.17. The minimum atomic E-state index is 0.676. The van der Waals surface area contributed by atoms with E-state index in [1.54, 1.807) is 0 Å². The molecule has 7 aromatic carbocycles. The van der Waals surface area contributed by atoms with Crippen LogP contribution in [0.5, 0.6) is 0 Å². The summed E-state index contributed by atoms with van der Waals surface area (Å²) in [4.78, 5) is 14.8. The average Bonchev–Trinajstić information content (AvgIpc) is 3.65. The quantitative estimate of drug-likeness (QED) is 0.179. The molecule has 0 atom stereocenters. The van der Waals surface area contributed by atoms with Gasteiger partial charge in [-0.1, -0.05) is 90.3 Å². The van der Waals surface area contributed by atoms with Crippen molar-refractivity contribution in [1.29, 1.82) is 0 Å². The van der Waals surface area contributed by atoms with Crippen LogP contribution >= 0.6 is 23.5 Å². The summed E-state index contributed by atoms with van der Waals surface area (Å²) in [5, 5.41) is 5.09. The SMILES string of the molecule is c1ccc(-n2nc(-c3ccc(N4c5ccccc5Sc5ccccc54)cc3)nc2-c2ccc(N3c4ccccc4Sc4ccccc43)cc2)cc1. The molecular weight excluding hydrogens is 663 g/mol. The Morgan fingerprint density at radius 2 is 0.745 bits per heavy atom. The van der Waals surface area contributed by atoms with E-state index in [1.807, 2.05) is 46.4 Å². The zero-order chi connectivity index (χ0) is 33.7. The second kappa shape index (κ2) is 12.4. The third-order valence-corrected chi connectivity index (χ3v) is 11.5. The maximum Gasteiger partial charge on any atom is 0.182 e. The zero-order valence-electron chi connectivity index (χ0n) is 27.3. The van der Waals surface area contributed by atoms with Gasteiger partial charge in [-0.2, -0.15) is 0 Å². The summed E-state index contributed by atoms with van der Waals surface area (Å²) in [5.74, 6) is 1.47. The van der Waals surface area contributed by atoms with Crippen molar-refractivity contribution in [2.75, 3.05) is 9.80 Å². The van der Waals surface area contributed by atoms with E-state index in [4.69, 9.17) is 10.1 Å². The fourth-order valence-electron chi connectivity index (χ4n) is 6.86. The van der Waals surface area contributed by atoms with Gasteiger partial charge in [0.25, 0.3) is 0 Å². The van der Waals surface area contributed by atoms with Crippen LogP contribution in [0.4, 0.5) is 34.1 Å². The number of hydrogen-bond acceptors (Lipinski definition) is 6. The first-order chi connectivity index (χ1) is 25.3. The highest BCUT2D eigenvalue weighted by Gasteiger charge is 2.26. The van der Waals surface area contributed by atoms with Gasteiger partial charge in [0.15, 0.2) is 11.6 Å². The van der Waals surface area contributed by atoms with Gasteiger partial charge in [0.05, 0.1) is 28.4 Å². The summed E-state index contributed by atoms with van der Waals surface area (Å²) in [6.07, 6.45) is 0. The summed E-state index contributed by atoms with van der Waals surface area (Å²) in [5.41, 5.74) is 9.83. The predicted octanol–water partition coefficient (Wildman–Crippen LogP) is 12.5. The van der Waals surface area contributed by atoms with Crippen molar-refractivity contribution in [3.8, 4) is 28.5 Å². The number of fused-ring (bicyclic) bond motifs is 4. The average molecular weight is 692 g/mol. The Morgan fingerprint density at radius 1 is 0.353 bits per heavy atom. The molecule has 5 nitrogen and oxygen atoms in total. The third kappa shape index (κ3) is 5.21. The summed E-state index contributed by atoms with van der Waals surface area (Å²) in [7, 11) is 0. The Bertz CT molecular complexity index is 2450. The number of aromatic nitrogens is 3. The van der Waals surface area contributed by atoms with Crippen LogP contribution in [0.25, 0.3) is 28.5 Å². The summed E-state index contributed by atoms with van der Waals surface area (Å²) in [6, 6.07) is 61.9. The number of benzene rings is 7. The van der Waals surface area contributed by atoms with Gasteiger partial charge in [-0.05, 0) is 109 Å². The van der Waals surface area contributed by atoms with E-state index in [9.17, 15) is 0 Å². The Kier molecular flexibility index (Phi) is 7.25. The van der Waals surface area contributed by atoms with E-state index in [-0.39, 0.29) is 0 Å². The normalized spacial score (nSPS) is 12.9. The molecule has 0 spiro atoms. The van der Waals surface area contributed by atoms with E-state index >= 15 is 0 Å². The number of anilines is 6. The molecule has 2 aliphatic heterocycles. The minimum absolute atomic E-state index is 0.676. The highest BCUT2D eigenvalue weighted by Crippen LogP contribution is 2.52. The van der Waals surface area contributed by atoms with Crippen molar-refractivity contribution in [2.24, 2.45) is 0 Å². The van der Waals surface area contributed by atoms with E-state index in [0.717, 1.165) is 34.0 Å². The molecule has 2 aliphatic rings. The molecule has 0 fully saturated rings. The van der Waals surface area contributed by atoms with Crippen LogP contribution in [0.1, 0.15) is 0 Å². The smallest absolute Gasteiger partial charge is 0.182 e. The maximum absolute atomic E-state index is 5.17. The number of hydrogen-bond donors (Lipinski definition) is 0. The lowest BCUT2D eigenvalue weighted by Crippen LogP contribution is -2.14. The number of nitrogens with zero attached hydrogens (tertiary/aromatic N) is 5. The van der Waals surface area contributed by atoms with Crippen LogP contribution in [-0.2, 0) is 0 Å². The molecule has 0 amide bonds. The van der Waals surface area contributed by atoms with Crippen molar-refractivity contribution < 1.29 is 0 Å². The summed E-state index contributed by atoms with van der Waals surface area (Å²) in [6.45, 7) is 0. The van der Waals surface area contributed by atoms with Gasteiger partial charge in [-0.25, -0.2) is 9.67 Å². The summed E-state index contributed by atoms with van der Waals surface area (Å²) < 4.78 is 1.95. The molecule has 3 heterocycles. The molecule has 10 rings (SSSR count). The third-order valence-electron chi connectivity index (χ3n) is 9.24. The van der Waals surface area contributed by atoms with Crippen LogP contribution < -0.4 is 9.80 Å². The van der Waals surface area contributed by atoms with Gasteiger partial charge < -0.3 is 9.80 Å². The van der Waals surface area contributed by atoms with Gasteiger partial charge >= 0.3 is 0 Å². The molecule has 1 aromatic heterocycles. The Hall–Kier alpha value is -6.02. The van der Waals surface area contributed by atoms with Crippen LogP contribution in [0.2, 0.25) is 0 Å². The molecule has 242 valence electrons. The molecule has 0 bridgehead atoms. The van der Waals surface area contributed by atoms with Gasteiger partial charge in [0.2, 0.25) is 0 Å². The topological polar surface area (TPSA) is 37.2 Å². The molecule has 8 aromatic rings. The highest BCUT2D eigenvalue weighted by molar-refractivity contribution is 8.00. The van der Waals surface area contributed by atoms with Crippen LogP contribution in [0, 0.1) is 0 Å². The Morgan fingerprint density at radius 3 is 1.20 bits per heavy atom. The fraction of sp³-hybridized carbons (Fsp3) is 0. The van der Waals surface area contributed by atoms with Crippen LogP contribution in [-0.4, -0.2) is 14.8 Å². The van der Waals surface area contributed by atoms with Crippen molar-refractivity contribution in [3.05, 3.63) is 176 Å². The summed E-state index contributed by atoms with van der Waals surface area (Å²) >= 11 is 3.63. The largest absolute Gasteiger partial charge is 0.308 e. The van der Waals surface area contributed by atoms with E-state index in [1.165, 1.54) is 42.3 Å².